The molecule has 1 amide bonds. The van der Waals surface area contributed by atoms with Crippen LogP contribution in [0, 0.1) is 0 Å². The molecule has 0 aromatic heterocycles. The molecule has 6 heteroatoms. The number of nitrogens with zero attached hydrogens (tertiary/aromatic N) is 1. The van der Waals surface area contributed by atoms with E-state index in [0.717, 1.165) is 16.8 Å². The zero-order valence-corrected chi connectivity index (χ0v) is 13.6. The van der Waals surface area contributed by atoms with Gasteiger partial charge in [0.15, 0.2) is 0 Å². The van der Waals surface area contributed by atoms with Gasteiger partial charge in [0.1, 0.15) is 0 Å². The Balaban J connectivity index is 1.90. The van der Waals surface area contributed by atoms with Gasteiger partial charge in [-0.25, -0.2) is 5.43 Å². The van der Waals surface area contributed by atoms with Crippen LogP contribution in [-0.2, 0) is 4.79 Å². The lowest BCUT2D eigenvalue weighted by molar-refractivity contribution is -0.122. The Bertz CT molecular complexity index is 756. The van der Waals surface area contributed by atoms with Crippen LogP contribution in [0.5, 0.6) is 0 Å². The van der Waals surface area contributed by atoms with Crippen LogP contribution in [0.25, 0.3) is 0 Å². The lowest BCUT2D eigenvalue weighted by Crippen LogP contribution is -2.33. The average molecular weight is 354 g/mol. The molecule has 1 aliphatic rings. The van der Waals surface area contributed by atoms with Gasteiger partial charge in [-0.05, 0) is 35.4 Å². The lowest BCUT2D eigenvalue weighted by atomic mass is 9.89. The van der Waals surface area contributed by atoms with Crippen LogP contribution in [0.1, 0.15) is 23.5 Å². The number of hydrogen-bond donors (Lipinski definition) is 1. The van der Waals surface area contributed by atoms with Gasteiger partial charge in [0.25, 0.3) is 0 Å². The zero-order chi connectivity index (χ0) is 15.7. The van der Waals surface area contributed by atoms with Crippen LogP contribution in [0.15, 0.2) is 47.6 Å². The van der Waals surface area contributed by atoms with Crippen molar-refractivity contribution in [2.75, 3.05) is 0 Å². The highest BCUT2D eigenvalue weighted by molar-refractivity contribution is 6.42. The molecular formula is C16H11Cl3N2O. The molecule has 1 N–H and O–H groups in total. The Labute approximate surface area is 142 Å². The minimum atomic E-state index is -0.306. The van der Waals surface area contributed by atoms with E-state index in [1.54, 1.807) is 24.3 Å². The number of rotatable bonds is 2. The number of hydrogen-bond acceptors (Lipinski definition) is 2. The molecule has 0 spiro atoms. The van der Waals surface area contributed by atoms with Crippen LogP contribution in [0.3, 0.4) is 0 Å². The third-order valence-electron chi connectivity index (χ3n) is 3.54. The number of hydrazone groups is 1. The van der Waals surface area contributed by atoms with E-state index in [0.29, 0.717) is 21.5 Å². The predicted octanol–water partition coefficient (Wildman–Crippen LogP) is 4.65. The van der Waals surface area contributed by atoms with E-state index in [2.05, 4.69) is 10.5 Å². The highest BCUT2D eigenvalue weighted by Crippen LogP contribution is 2.29. The molecule has 0 saturated carbocycles. The van der Waals surface area contributed by atoms with Crippen molar-refractivity contribution in [3.8, 4) is 0 Å². The summed E-state index contributed by atoms with van der Waals surface area (Å²) in [7, 11) is 0. The van der Waals surface area contributed by atoms with Crippen LogP contribution in [0.4, 0.5) is 0 Å². The van der Waals surface area contributed by atoms with Crippen LogP contribution in [-0.4, -0.2) is 11.6 Å². The highest BCUT2D eigenvalue weighted by atomic mass is 35.5. The summed E-state index contributed by atoms with van der Waals surface area (Å²) in [6.07, 6.45) is 0.491. The first-order valence-electron chi connectivity index (χ1n) is 6.62. The van der Waals surface area contributed by atoms with Gasteiger partial charge in [-0.1, -0.05) is 53.0 Å². The van der Waals surface area contributed by atoms with Gasteiger partial charge in [-0.2, -0.15) is 5.10 Å². The summed E-state index contributed by atoms with van der Waals surface area (Å²) in [5.74, 6) is -0.439. The molecule has 22 heavy (non-hydrogen) atoms. The van der Waals surface area contributed by atoms with Crippen molar-refractivity contribution in [2.45, 2.75) is 12.3 Å². The van der Waals surface area contributed by atoms with E-state index < -0.39 is 0 Å². The second-order valence-electron chi connectivity index (χ2n) is 4.97. The molecule has 0 fully saturated rings. The minimum absolute atomic E-state index is 0.133. The largest absolute Gasteiger partial charge is 0.272 e. The molecule has 1 heterocycles. The molecule has 1 aliphatic heterocycles. The van der Waals surface area contributed by atoms with E-state index in [1.807, 2.05) is 18.2 Å². The van der Waals surface area contributed by atoms with Crippen molar-refractivity contribution in [1.82, 2.24) is 5.43 Å². The van der Waals surface area contributed by atoms with Crippen molar-refractivity contribution < 1.29 is 4.79 Å². The van der Waals surface area contributed by atoms with E-state index in [-0.39, 0.29) is 11.8 Å². The van der Waals surface area contributed by atoms with Crippen LogP contribution in [0.2, 0.25) is 15.1 Å². The average Bonchev–Trinajstić information content (AvgIpc) is 2.52. The van der Waals surface area contributed by atoms with E-state index in [4.69, 9.17) is 34.8 Å². The van der Waals surface area contributed by atoms with Crippen molar-refractivity contribution in [1.29, 1.82) is 0 Å². The topological polar surface area (TPSA) is 41.5 Å². The second kappa shape index (κ2) is 6.29. The van der Waals surface area contributed by atoms with Crippen molar-refractivity contribution in [3.05, 3.63) is 68.7 Å². The van der Waals surface area contributed by atoms with Gasteiger partial charge in [0.05, 0.1) is 21.7 Å². The molecule has 3 nitrogen and oxygen atoms in total. The fourth-order valence-electron chi connectivity index (χ4n) is 2.35. The minimum Gasteiger partial charge on any atom is -0.272 e. The summed E-state index contributed by atoms with van der Waals surface area (Å²) in [6.45, 7) is 0. The third kappa shape index (κ3) is 3.12. The fraction of sp³-hybridized carbons (Fsp3) is 0.125. The second-order valence-corrected chi connectivity index (χ2v) is 6.22. The first-order chi connectivity index (χ1) is 10.5. The smallest absolute Gasteiger partial charge is 0.248 e. The molecule has 3 rings (SSSR count). The number of amides is 1. The fourth-order valence-corrected chi connectivity index (χ4v) is 2.78. The Hall–Kier alpha value is -1.55. The Morgan fingerprint density at radius 1 is 1.00 bits per heavy atom. The van der Waals surface area contributed by atoms with Gasteiger partial charge in [0, 0.05) is 11.4 Å². The molecule has 112 valence electrons. The number of halogens is 3. The standard InChI is InChI=1S/C16H11Cl3N2O/c17-11-4-1-9(2-5-11)12-8-15(20-21-16(12)22)10-3-6-13(18)14(19)7-10/h1-7,12H,8H2,(H,21,22). The Morgan fingerprint density at radius 2 is 1.73 bits per heavy atom. The third-order valence-corrected chi connectivity index (χ3v) is 4.53. The first-order valence-corrected chi connectivity index (χ1v) is 7.75. The highest BCUT2D eigenvalue weighted by Gasteiger charge is 2.27. The SMILES string of the molecule is O=C1NN=C(c2ccc(Cl)c(Cl)c2)CC1c1ccc(Cl)cc1. The van der Waals surface area contributed by atoms with Gasteiger partial charge in [0.2, 0.25) is 5.91 Å². The molecule has 0 bridgehead atoms. The molecule has 1 atom stereocenters. The van der Waals surface area contributed by atoms with E-state index in [1.165, 1.54) is 0 Å². The number of benzene rings is 2. The molecule has 1 unspecified atom stereocenters. The van der Waals surface area contributed by atoms with Crippen molar-refractivity contribution in [3.63, 3.8) is 0 Å². The summed E-state index contributed by atoms with van der Waals surface area (Å²) in [4.78, 5) is 12.1. The molecule has 2 aromatic carbocycles. The Morgan fingerprint density at radius 3 is 2.41 bits per heavy atom. The normalized spacial score (nSPS) is 17.9. The van der Waals surface area contributed by atoms with Crippen molar-refractivity contribution >= 4 is 46.4 Å². The number of nitrogens with one attached hydrogen (secondary N) is 1. The Kier molecular flexibility index (Phi) is 4.39. The van der Waals surface area contributed by atoms with E-state index >= 15 is 0 Å². The molecule has 0 aliphatic carbocycles. The first kappa shape index (κ1) is 15.3. The maximum absolute atomic E-state index is 12.1. The molecule has 0 saturated heterocycles. The number of carbonyl (C=O) groups is 1. The van der Waals surface area contributed by atoms with Crippen LogP contribution >= 0.6 is 34.8 Å². The van der Waals surface area contributed by atoms with Gasteiger partial charge in [-0.3, -0.25) is 4.79 Å². The monoisotopic (exact) mass is 352 g/mol. The summed E-state index contributed by atoms with van der Waals surface area (Å²) in [5, 5.41) is 5.72. The maximum atomic E-state index is 12.1. The van der Waals surface area contributed by atoms with Gasteiger partial charge >= 0.3 is 0 Å². The van der Waals surface area contributed by atoms with Crippen molar-refractivity contribution in [2.24, 2.45) is 5.10 Å². The van der Waals surface area contributed by atoms with E-state index in [9.17, 15) is 4.79 Å². The lowest BCUT2D eigenvalue weighted by Gasteiger charge is -2.22. The van der Waals surface area contributed by atoms with Gasteiger partial charge < -0.3 is 0 Å². The summed E-state index contributed by atoms with van der Waals surface area (Å²) >= 11 is 17.9. The summed E-state index contributed by atoms with van der Waals surface area (Å²) < 4.78 is 0. The van der Waals surface area contributed by atoms with Crippen LogP contribution < -0.4 is 5.43 Å². The molecule has 0 radical (unpaired) electrons. The molecule has 2 aromatic rings. The zero-order valence-electron chi connectivity index (χ0n) is 11.3. The predicted molar refractivity (Wildman–Crippen MR) is 90.0 cm³/mol. The summed E-state index contributed by atoms with van der Waals surface area (Å²) in [6, 6.07) is 12.6. The molecular weight excluding hydrogens is 343 g/mol. The van der Waals surface area contributed by atoms with Gasteiger partial charge in [-0.15, -0.1) is 0 Å². The summed E-state index contributed by atoms with van der Waals surface area (Å²) in [5.41, 5.74) is 5.07. The quantitative estimate of drug-likeness (QED) is 0.838. The number of carbonyl (C=O) groups excluding carboxylic acids is 1. The maximum Gasteiger partial charge on any atom is 0.248 e.